The maximum Gasteiger partial charge on any atom is 0.268 e. The van der Waals surface area contributed by atoms with Crippen LogP contribution in [0.25, 0.3) is 106 Å². The Morgan fingerprint density at radius 1 is 0.526 bits per heavy atom. The van der Waals surface area contributed by atoms with Crippen molar-refractivity contribution < 1.29 is 30.4 Å². The Balaban J connectivity index is 0.00000579. The quantitative estimate of drug-likeness (QED) is 0.0863. The van der Waals surface area contributed by atoms with E-state index in [1.165, 1.54) is 71.5 Å². The Morgan fingerprint density at radius 2 is 1.13 bits per heavy atom. The van der Waals surface area contributed by atoms with Gasteiger partial charge in [-0.25, -0.2) is 4.98 Å². The molecule has 7 heteroatoms. The Labute approximate surface area is 472 Å². The normalized spacial score (nSPS) is 13.0. The van der Waals surface area contributed by atoms with E-state index in [-0.39, 0.29) is 21.1 Å². The molecular weight excluding hydrogens is 1150 g/mol. The maximum atomic E-state index is 6.98. The van der Waals surface area contributed by atoms with Crippen LogP contribution in [-0.2, 0) is 21.1 Å². The van der Waals surface area contributed by atoms with Crippen molar-refractivity contribution in [3.8, 4) is 84.3 Å². The van der Waals surface area contributed by atoms with Gasteiger partial charge in [-0.2, -0.15) is 12.1 Å². The van der Waals surface area contributed by atoms with Gasteiger partial charge in [-0.1, -0.05) is 205 Å². The molecule has 0 saturated carbocycles. The number of imidazole rings is 1. The molecule has 0 spiro atoms. The molecule has 9 aromatic carbocycles. The third-order valence-corrected chi connectivity index (χ3v) is 20.0. The molecule has 0 bridgehead atoms. The van der Waals surface area contributed by atoms with Crippen molar-refractivity contribution in [2.75, 3.05) is 0 Å². The molecule has 12 aromatic rings. The van der Waals surface area contributed by atoms with Gasteiger partial charge in [-0.05, 0) is 119 Å². The van der Waals surface area contributed by atoms with Gasteiger partial charge in [0.15, 0.2) is 0 Å². The van der Waals surface area contributed by atoms with Gasteiger partial charge < -0.3 is 13.9 Å². The van der Waals surface area contributed by atoms with Crippen LogP contribution in [0.4, 0.5) is 0 Å². The summed E-state index contributed by atoms with van der Waals surface area (Å²) < 4.78 is 13.9. The molecule has 0 saturated heterocycles. The summed E-state index contributed by atoms with van der Waals surface area (Å²) in [6.45, 7) is 18.8. The fourth-order valence-corrected chi connectivity index (χ4v) is 15.5. The van der Waals surface area contributed by atoms with Gasteiger partial charge in [-0.3, -0.25) is 4.57 Å². The minimum absolute atomic E-state index is 0. The zero-order chi connectivity index (χ0) is 52.4. The second-order valence-corrected chi connectivity index (χ2v) is 26.8. The first-order valence-corrected chi connectivity index (χ1v) is 30.2. The second-order valence-electron chi connectivity index (χ2n) is 22.5. The van der Waals surface area contributed by atoms with Gasteiger partial charge in [0.1, 0.15) is 5.82 Å². The first-order chi connectivity index (χ1) is 37.4. The third kappa shape index (κ3) is 7.66. The van der Waals surface area contributed by atoms with E-state index in [0.29, 0.717) is 29.3 Å². The standard InChI is InChI=1S/C71H58N4OSi.Pt/c1-43(2)48-37-60(44(3)4)68(61(38-48)45(5)6)47-35-36-72-67(39-47)75-62-28-17-16-25-56(62)57-31-29-49(40-63(57)75)76-50-30-33-65-64(41-50)73-42-74-69-51(46-19-10-9-11-20-46)26-18-27-58(69)54-23-14-12-21-52(54)53-22-13-15-24-55(53)59-32-34-66(77(65,7)8)71(73)70(59)74;/h9-39,43-45H,1-8H3;/q-2;. The van der Waals surface area contributed by atoms with Crippen LogP contribution in [0.1, 0.15) is 76.0 Å². The van der Waals surface area contributed by atoms with Crippen LogP contribution in [0.3, 0.4) is 0 Å². The average molecular weight is 1210 g/mol. The summed E-state index contributed by atoms with van der Waals surface area (Å²) in [6, 6.07) is 74.2. The average Bonchev–Trinajstić information content (AvgIpc) is 3.98. The van der Waals surface area contributed by atoms with E-state index in [1.807, 2.05) is 12.3 Å². The molecule has 3 aromatic heterocycles. The minimum atomic E-state index is -2.36. The third-order valence-electron chi connectivity index (χ3n) is 16.5. The number of benzene rings is 9. The summed E-state index contributed by atoms with van der Waals surface area (Å²) in [5, 5.41) is 4.87. The fourth-order valence-electron chi connectivity index (χ4n) is 12.7. The topological polar surface area (TPSA) is 35.9 Å². The van der Waals surface area contributed by atoms with Gasteiger partial charge in [0, 0.05) is 52.4 Å². The van der Waals surface area contributed by atoms with Crippen LogP contribution in [0, 0.1) is 18.5 Å². The number of nitrogens with zero attached hydrogens (tertiary/aromatic N) is 4. The molecule has 0 aliphatic carbocycles. The van der Waals surface area contributed by atoms with Crippen molar-refractivity contribution in [2.24, 2.45) is 0 Å². The van der Waals surface area contributed by atoms with E-state index in [4.69, 9.17) is 9.72 Å². The van der Waals surface area contributed by atoms with Gasteiger partial charge in [0.2, 0.25) is 0 Å². The van der Waals surface area contributed by atoms with Gasteiger partial charge in [0.25, 0.3) is 6.33 Å². The van der Waals surface area contributed by atoms with E-state index in [1.54, 1.807) is 0 Å². The fraction of sp³-hybridized carbons (Fsp3) is 0.155. The zero-order valence-corrected chi connectivity index (χ0v) is 48.4. The molecule has 0 unspecified atom stereocenters. The van der Waals surface area contributed by atoms with Crippen molar-refractivity contribution in [1.82, 2.24) is 14.1 Å². The van der Waals surface area contributed by atoms with Crippen molar-refractivity contribution in [3.63, 3.8) is 0 Å². The van der Waals surface area contributed by atoms with Crippen LogP contribution in [0.2, 0.25) is 13.1 Å². The molecule has 5 heterocycles. The molecule has 78 heavy (non-hydrogen) atoms. The first kappa shape index (κ1) is 49.7. The summed E-state index contributed by atoms with van der Waals surface area (Å²) in [4.78, 5) is 5.10. The molecule has 384 valence electrons. The summed E-state index contributed by atoms with van der Waals surface area (Å²) in [5.74, 6) is 3.20. The van der Waals surface area contributed by atoms with Gasteiger partial charge in [0.05, 0.1) is 16.7 Å². The Kier molecular flexibility index (Phi) is 12.1. The minimum Gasteiger partial charge on any atom is -0.510 e. The smallest absolute Gasteiger partial charge is 0.268 e. The predicted molar refractivity (Wildman–Crippen MR) is 320 cm³/mol. The summed E-state index contributed by atoms with van der Waals surface area (Å²) in [5.41, 5.74) is 22.4. The predicted octanol–water partition coefficient (Wildman–Crippen LogP) is 16.7. The Morgan fingerprint density at radius 3 is 1.83 bits per heavy atom. The van der Waals surface area contributed by atoms with E-state index in [2.05, 4.69) is 263 Å². The number of fused-ring (bicyclic) bond motifs is 12. The monoisotopic (exact) mass is 1210 g/mol. The van der Waals surface area contributed by atoms with Crippen LogP contribution in [0.15, 0.2) is 188 Å². The van der Waals surface area contributed by atoms with Crippen LogP contribution >= 0.6 is 0 Å². The van der Waals surface area contributed by atoms with E-state index < -0.39 is 8.07 Å². The molecule has 0 amide bonds. The molecule has 0 N–H and O–H groups in total. The maximum absolute atomic E-state index is 6.98. The largest absolute Gasteiger partial charge is 0.510 e. The number of hydrogen-bond acceptors (Lipinski definition) is 2. The van der Waals surface area contributed by atoms with Crippen molar-refractivity contribution >= 4 is 51.3 Å². The summed E-state index contributed by atoms with van der Waals surface area (Å²) in [7, 11) is -2.36. The molecule has 0 atom stereocenters. The van der Waals surface area contributed by atoms with Crippen molar-refractivity contribution in [1.29, 1.82) is 0 Å². The number of aromatic nitrogens is 4. The van der Waals surface area contributed by atoms with E-state index in [0.717, 1.165) is 61.2 Å². The second kappa shape index (κ2) is 18.9. The molecule has 0 radical (unpaired) electrons. The number of para-hydroxylation sites is 2. The van der Waals surface area contributed by atoms with Crippen LogP contribution in [0.5, 0.6) is 11.5 Å². The Bertz CT molecular complexity index is 4360. The van der Waals surface area contributed by atoms with Gasteiger partial charge in [-0.15, -0.1) is 34.8 Å². The molecule has 0 fully saturated rings. The van der Waals surface area contributed by atoms with Crippen molar-refractivity contribution in [2.45, 2.75) is 72.4 Å². The number of hydrogen-bond donors (Lipinski definition) is 0. The molecule has 2 aliphatic rings. The number of pyridine rings is 1. The van der Waals surface area contributed by atoms with Crippen LogP contribution < -0.4 is 19.7 Å². The number of rotatable bonds is 8. The van der Waals surface area contributed by atoms with E-state index >= 15 is 0 Å². The van der Waals surface area contributed by atoms with E-state index in [9.17, 15) is 0 Å². The van der Waals surface area contributed by atoms with Gasteiger partial charge >= 0.3 is 0 Å². The van der Waals surface area contributed by atoms with Crippen molar-refractivity contribution in [3.05, 3.63) is 223 Å². The summed E-state index contributed by atoms with van der Waals surface area (Å²) in [6.07, 6.45) is 6.01. The molecule has 14 rings (SSSR count). The molecular formula is C71H58N4OPtSi-2. The zero-order valence-electron chi connectivity index (χ0n) is 45.1. The summed E-state index contributed by atoms with van der Waals surface area (Å²) >= 11 is 0. The SMILES string of the molecule is CC(C)c1cc(C(C)C)c(-c2ccnc(-n3c4[c-]c(Oc5[c-]c6c(cc5)[Si](C)(C)c5ccc7c8c5n-6[c-][n+]8-c5c(-c6ccccc6)cccc5-c5ccccc5-c5ccccc5-7)ccc4c4ccccc43)c2)c(C(C)C)c1.[Pt]. The Hall–Kier alpha value is -7.89. The first-order valence-electron chi connectivity index (χ1n) is 27.2. The number of ether oxygens (including phenoxy) is 1. The molecule has 2 aliphatic heterocycles. The van der Waals surface area contributed by atoms with Crippen LogP contribution in [-0.4, -0.2) is 22.2 Å². The molecule has 5 nitrogen and oxygen atoms in total.